The predicted octanol–water partition coefficient (Wildman–Crippen LogP) is 4.62. The fourth-order valence-corrected chi connectivity index (χ4v) is 5.72. The third-order valence-electron chi connectivity index (χ3n) is 7.13. The number of hydrogen-bond acceptors (Lipinski definition) is 6. The average Bonchev–Trinajstić information content (AvgIpc) is 3.67. The zero-order chi connectivity index (χ0) is 26.5. The number of carbonyl (C=O) groups excluding carboxylic acids is 2. The van der Waals surface area contributed by atoms with Crippen molar-refractivity contribution < 1.29 is 19.1 Å². The molecule has 0 aliphatic carbocycles. The van der Waals surface area contributed by atoms with Gasteiger partial charge in [0, 0.05) is 56.8 Å². The minimum absolute atomic E-state index is 0.203. The summed E-state index contributed by atoms with van der Waals surface area (Å²) in [6.07, 6.45) is 10.7. The van der Waals surface area contributed by atoms with Crippen molar-refractivity contribution >= 4 is 21.4 Å². The highest BCUT2D eigenvalue weighted by molar-refractivity contribution is 7.16. The molecule has 4 heterocycles. The smallest absolute Gasteiger partial charge is 0.407 e. The van der Waals surface area contributed by atoms with Crippen LogP contribution in [0.3, 0.4) is 0 Å². The number of ether oxygens (including phenoxy) is 2. The molecule has 11 heteroatoms. The number of alkyl carbamates (subject to hydrolysis) is 2. The Hall–Kier alpha value is -3.39. The maximum Gasteiger partial charge on any atom is 0.407 e. The summed E-state index contributed by atoms with van der Waals surface area (Å²) < 4.78 is 15.2. The van der Waals surface area contributed by atoms with Gasteiger partial charge >= 0.3 is 12.2 Å². The molecule has 5 atom stereocenters. The first-order valence-electron chi connectivity index (χ1n) is 13.3. The zero-order valence-electron chi connectivity index (χ0n) is 21.6. The Morgan fingerprint density at radius 3 is 2.11 bits per heavy atom. The molecule has 0 saturated carbocycles. The molecule has 38 heavy (non-hydrogen) atoms. The standard InChI is InChI=1S/C27H35N6O4P/c1-18-15-21(24-28-11-13-32(18)24)36-26(34)30-9-3-7-19-5-2-6-20(16-19)8-4-10-31-27(35)37-22-17-23(38)33-14-12-29-25(22)33/h2,5-6,11-14,16,18,21-23H,3-4,7-10,15,17,38H2,1H3,(H,30,34)(H,31,35)/t18-,21+,22?,23-/m1/s1. The first-order chi connectivity index (χ1) is 18.5. The van der Waals surface area contributed by atoms with E-state index >= 15 is 0 Å². The lowest BCUT2D eigenvalue weighted by molar-refractivity contribution is 0.0938. The van der Waals surface area contributed by atoms with Crippen LogP contribution in [0.2, 0.25) is 0 Å². The summed E-state index contributed by atoms with van der Waals surface area (Å²) in [7, 11) is 2.75. The highest BCUT2D eigenvalue weighted by Gasteiger charge is 2.33. The third kappa shape index (κ3) is 6.18. The molecule has 10 nitrogen and oxygen atoms in total. The molecular formula is C27H35N6O4P. The molecule has 0 spiro atoms. The van der Waals surface area contributed by atoms with Crippen LogP contribution in [0.25, 0.3) is 0 Å². The minimum atomic E-state index is -0.406. The molecule has 0 fully saturated rings. The van der Waals surface area contributed by atoms with E-state index in [9.17, 15) is 9.59 Å². The first kappa shape index (κ1) is 26.2. The second-order valence-electron chi connectivity index (χ2n) is 9.94. The second kappa shape index (κ2) is 12.0. The van der Waals surface area contributed by atoms with Gasteiger partial charge in [0.15, 0.2) is 18.0 Å². The van der Waals surface area contributed by atoms with Crippen molar-refractivity contribution in [3.63, 3.8) is 0 Å². The van der Waals surface area contributed by atoms with Gasteiger partial charge in [-0.1, -0.05) is 24.3 Å². The van der Waals surface area contributed by atoms with E-state index in [1.54, 1.807) is 12.4 Å². The van der Waals surface area contributed by atoms with Crippen LogP contribution < -0.4 is 10.6 Å². The van der Waals surface area contributed by atoms with Crippen molar-refractivity contribution in [2.75, 3.05) is 13.1 Å². The van der Waals surface area contributed by atoms with Gasteiger partial charge in [-0.15, -0.1) is 9.24 Å². The summed E-state index contributed by atoms with van der Waals surface area (Å²) in [5, 5.41) is 5.71. The second-order valence-corrected chi connectivity index (χ2v) is 10.7. The number of benzene rings is 1. The molecule has 2 aliphatic rings. The Bertz CT molecular complexity index is 1170. The van der Waals surface area contributed by atoms with Crippen molar-refractivity contribution in [2.24, 2.45) is 0 Å². The Morgan fingerprint density at radius 2 is 1.47 bits per heavy atom. The summed E-state index contributed by atoms with van der Waals surface area (Å²) in [5.41, 5.74) is 2.44. The number of fused-ring (bicyclic) bond motifs is 2. The highest BCUT2D eigenvalue weighted by Crippen LogP contribution is 2.39. The molecule has 0 bridgehead atoms. The summed E-state index contributed by atoms with van der Waals surface area (Å²) in [5.74, 6) is 1.81. The van der Waals surface area contributed by atoms with Crippen LogP contribution in [0.1, 0.15) is 79.4 Å². The van der Waals surface area contributed by atoms with Crippen LogP contribution in [0.5, 0.6) is 0 Å². The van der Waals surface area contributed by atoms with E-state index in [0.717, 1.165) is 50.2 Å². The fraction of sp³-hybridized carbons (Fsp3) is 0.481. The molecule has 1 aromatic carbocycles. The SMILES string of the molecule is C[C@@H]1C[C@H](OC(=O)NCCCc2cccc(CCCNC(=O)OC3C[C@@H](P)n4ccnc43)c2)c2nccn21. The topological polar surface area (TPSA) is 112 Å². The van der Waals surface area contributed by atoms with E-state index in [4.69, 9.17) is 9.47 Å². The lowest BCUT2D eigenvalue weighted by Gasteiger charge is -2.12. The van der Waals surface area contributed by atoms with Crippen LogP contribution in [-0.2, 0) is 22.3 Å². The van der Waals surface area contributed by atoms with Gasteiger partial charge in [0.25, 0.3) is 0 Å². The molecular weight excluding hydrogens is 503 g/mol. The van der Waals surface area contributed by atoms with E-state index in [1.165, 1.54) is 11.1 Å². The lowest BCUT2D eigenvalue weighted by atomic mass is 10.0. The molecule has 3 aromatic rings. The van der Waals surface area contributed by atoms with E-state index in [1.807, 2.05) is 17.0 Å². The first-order valence-corrected chi connectivity index (χ1v) is 13.9. The van der Waals surface area contributed by atoms with Gasteiger partial charge in [0.2, 0.25) is 0 Å². The molecule has 2 N–H and O–H groups in total. The zero-order valence-corrected chi connectivity index (χ0v) is 22.7. The molecule has 0 radical (unpaired) electrons. The van der Waals surface area contributed by atoms with Gasteiger partial charge in [-0.2, -0.15) is 0 Å². The molecule has 2 amide bonds. The van der Waals surface area contributed by atoms with E-state index in [-0.39, 0.29) is 24.0 Å². The molecule has 202 valence electrons. The Morgan fingerprint density at radius 1 is 0.921 bits per heavy atom. The number of hydrogen-bond donors (Lipinski definition) is 2. The van der Waals surface area contributed by atoms with E-state index < -0.39 is 12.2 Å². The Labute approximate surface area is 224 Å². The van der Waals surface area contributed by atoms with Crippen LogP contribution in [-0.4, -0.2) is 44.4 Å². The van der Waals surface area contributed by atoms with Crippen molar-refractivity contribution in [3.05, 3.63) is 71.8 Å². The number of amides is 2. The summed E-state index contributed by atoms with van der Waals surface area (Å²) >= 11 is 0. The monoisotopic (exact) mass is 538 g/mol. The number of aryl methyl sites for hydroxylation is 2. The van der Waals surface area contributed by atoms with E-state index in [2.05, 4.69) is 65.6 Å². The van der Waals surface area contributed by atoms with Crippen LogP contribution in [0, 0.1) is 0 Å². The van der Waals surface area contributed by atoms with Crippen LogP contribution >= 0.6 is 9.24 Å². The minimum Gasteiger partial charge on any atom is -0.438 e. The van der Waals surface area contributed by atoms with Gasteiger partial charge < -0.3 is 29.2 Å². The van der Waals surface area contributed by atoms with Gasteiger partial charge in [-0.3, -0.25) is 0 Å². The number of rotatable bonds is 10. The van der Waals surface area contributed by atoms with Crippen LogP contribution in [0.15, 0.2) is 49.1 Å². The van der Waals surface area contributed by atoms with Crippen molar-refractivity contribution in [1.82, 2.24) is 29.7 Å². The fourth-order valence-electron chi connectivity index (χ4n) is 5.22. The average molecular weight is 539 g/mol. The van der Waals surface area contributed by atoms with Crippen molar-refractivity contribution in [1.29, 1.82) is 0 Å². The number of carbonyl (C=O) groups is 2. The highest BCUT2D eigenvalue weighted by atomic mass is 31.0. The predicted molar refractivity (Wildman–Crippen MR) is 145 cm³/mol. The van der Waals surface area contributed by atoms with Crippen LogP contribution in [0.4, 0.5) is 9.59 Å². The lowest BCUT2D eigenvalue weighted by Crippen LogP contribution is -2.27. The van der Waals surface area contributed by atoms with Crippen molar-refractivity contribution in [3.8, 4) is 0 Å². The van der Waals surface area contributed by atoms with Gasteiger partial charge in [-0.05, 0) is 43.7 Å². The number of nitrogens with one attached hydrogen (secondary N) is 2. The molecule has 0 saturated heterocycles. The summed E-state index contributed by atoms with van der Waals surface area (Å²) in [6.45, 7) is 3.18. The van der Waals surface area contributed by atoms with Gasteiger partial charge in [0.05, 0.1) is 5.78 Å². The maximum absolute atomic E-state index is 12.2. The molecule has 2 aromatic heterocycles. The normalized spacial score (nSPS) is 21.5. The quantitative estimate of drug-likeness (QED) is 0.288. The maximum atomic E-state index is 12.2. The molecule has 2 aliphatic heterocycles. The van der Waals surface area contributed by atoms with Gasteiger partial charge in [0.1, 0.15) is 5.82 Å². The Kier molecular flexibility index (Phi) is 8.27. The van der Waals surface area contributed by atoms with E-state index in [0.29, 0.717) is 13.1 Å². The van der Waals surface area contributed by atoms with Gasteiger partial charge in [-0.25, -0.2) is 19.6 Å². The Balaban J connectivity index is 0.963. The third-order valence-corrected chi connectivity index (χ3v) is 7.72. The number of aromatic nitrogens is 4. The van der Waals surface area contributed by atoms with Crippen molar-refractivity contribution in [2.45, 2.75) is 69.5 Å². The number of imidazole rings is 2. The summed E-state index contributed by atoms with van der Waals surface area (Å²) in [4.78, 5) is 33.1. The number of nitrogens with zero attached hydrogens (tertiary/aromatic N) is 4. The largest absolute Gasteiger partial charge is 0.438 e. The molecule has 2 unspecified atom stereocenters. The molecule has 5 rings (SSSR count). The summed E-state index contributed by atoms with van der Waals surface area (Å²) in [6, 6.07) is 8.73.